The predicted molar refractivity (Wildman–Crippen MR) is 54.2 cm³/mol. The first-order valence-electron chi connectivity index (χ1n) is 4.92. The van der Waals surface area contributed by atoms with Crippen LogP contribution in [0.1, 0.15) is 45.4 Å². The molecule has 0 aliphatic heterocycles. The molecule has 11 heavy (non-hydrogen) atoms. The van der Waals surface area contributed by atoms with E-state index >= 15 is 0 Å². The Kier molecular flexibility index (Phi) is 4.51. The molecule has 0 spiro atoms. The summed E-state index contributed by atoms with van der Waals surface area (Å²) in [6.45, 7) is 2.30. The highest BCUT2D eigenvalue weighted by Crippen LogP contribution is 2.32. The normalized spacial score (nSPS) is 32.2. The van der Waals surface area contributed by atoms with Crippen molar-refractivity contribution in [2.75, 3.05) is 5.33 Å². The van der Waals surface area contributed by atoms with Crippen LogP contribution >= 0.6 is 15.9 Å². The zero-order valence-corrected chi connectivity index (χ0v) is 9.07. The van der Waals surface area contributed by atoms with Crippen LogP contribution in [0.25, 0.3) is 0 Å². The molecule has 0 N–H and O–H groups in total. The third kappa shape index (κ3) is 3.14. The van der Waals surface area contributed by atoms with Crippen LogP contribution in [0.15, 0.2) is 0 Å². The van der Waals surface area contributed by atoms with Crippen molar-refractivity contribution in [3.63, 3.8) is 0 Å². The summed E-state index contributed by atoms with van der Waals surface area (Å²) in [6, 6.07) is 0. The predicted octanol–water partition coefficient (Wildman–Crippen LogP) is 3.99. The minimum atomic E-state index is 0.989. The number of rotatable bonds is 3. The Morgan fingerprint density at radius 1 is 1.09 bits per heavy atom. The summed E-state index contributed by atoms with van der Waals surface area (Å²) in [5.74, 6) is 2.05. The molecule has 0 bridgehead atoms. The zero-order chi connectivity index (χ0) is 8.10. The Hall–Kier alpha value is 0.480. The molecule has 1 fully saturated rings. The van der Waals surface area contributed by atoms with Crippen LogP contribution in [0.2, 0.25) is 0 Å². The fourth-order valence-corrected chi connectivity index (χ4v) is 2.73. The largest absolute Gasteiger partial charge is 0.0925 e. The van der Waals surface area contributed by atoms with Crippen molar-refractivity contribution in [1.82, 2.24) is 0 Å². The highest BCUT2D eigenvalue weighted by atomic mass is 79.9. The number of alkyl halides is 1. The average Bonchev–Trinajstić information content (AvgIpc) is 2.07. The smallest absolute Gasteiger partial charge is 0.00596 e. The number of halogens is 1. The van der Waals surface area contributed by atoms with Crippen LogP contribution in [0, 0.1) is 11.8 Å². The van der Waals surface area contributed by atoms with Crippen LogP contribution in [0.4, 0.5) is 0 Å². The maximum atomic E-state index is 3.57. The van der Waals surface area contributed by atoms with Crippen LogP contribution in [0.3, 0.4) is 0 Å². The summed E-state index contributed by atoms with van der Waals surface area (Å²) in [6.07, 6.45) is 8.76. The number of hydrogen-bond donors (Lipinski definition) is 0. The third-order valence-electron chi connectivity index (χ3n) is 2.88. The lowest BCUT2D eigenvalue weighted by Gasteiger charge is -2.26. The van der Waals surface area contributed by atoms with Gasteiger partial charge in [0.1, 0.15) is 0 Å². The highest BCUT2D eigenvalue weighted by Gasteiger charge is 2.19. The Morgan fingerprint density at radius 2 is 1.64 bits per heavy atom. The highest BCUT2D eigenvalue weighted by molar-refractivity contribution is 9.09. The van der Waals surface area contributed by atoms with E-state index in [9.17, 15) is 0 Å². The second-order valence-corrected chi connectivity index (χ2v) is 4.48. The van der Waals surface area contributed by atoms with Gasteiger partial charge in [0.25, 0.3) is 0 Å². The van der Waals surface area contributed by atoms with Crippen LogP contribution in [-0.2, 0) is 0 Å². The molecule has 1 aliphatic rings. The fraction of sp³-hybridized carbons (Fsp3) is 1.00. The van der Waals surface area contributed by atoms with Gasteiger partial charge in [-0.3, -0.25) is 0 Å². The first-order valence-corrected chi connectivity index (χ1v) is 6.05. The molecule has 1 rings (SSSR count). The van der Waals surface area contributed by atoms with Gasteiger partial charge in [-0.2, -0.15) is 0 Å². The third-order valence-corrected chi connectivity index (χ3v) is 3.80. The van der Waals surface area contributed by atoms with Crippen molar-refractivity contribution in [1.29, 1.82) is 0 Å². The van der Waals surface area contributed by atoms with Gasteiger partial charge in [-0.1, -0.05) is 48.5 Å². The molecule has 1 saturated carbocycles. The van der Waals surface area contributed by atoms with Gasteiger partial charge >= 0.3 is 0 Å². The molecule has 0 amide bonds. The summed E-state index contributed by atoms with van der Waals surface area (Å²) < 4.78 is 0. The van der Waals surface area contributed by atoms with E-state index in [1.54, 1.807) is 0 Å². The quantitative estimate of drug-likeness (QED) is 0.629. The molecule has 0 saturated heterocycles. The van der Waals surface area contributed by atoms with Gasteiger partial charge in [-0.05, 0) is 24.7 Å². The first-order chi connectivity index (χ1) is 5.36. The van der Waals surface area contributed by atoms with E-state index in [0.717, 1.165) is 11.8 Å². The van der Waals surface area contributed by atoms with Crippen molar-refractivity contribution in [2.24, 2.45) is 11.8 Å². The van der Waals surface area contributed by atoms with Gasteiger partial charge < -0.3 is 0 Å². The van der Waals surface area contributed by atoms with Crippen molar-refractivity contribution < 1.29 is 0 Å². The van der Waals surface area contributed by atoms with Crippen molar-refractivity contribution in [2.45, 2.75) is 45.4 Å². The van der Waals surface area contributed by atoms with Crippen molar-refractivity contribution >= 4 is 15.9 Å². The monoisotopic (exact) mass is 218 g/mol. The van der Waals surface area contributed by atoms with E-state index in [2.05, 4.69) is 22.9 Å². The van der Waals surface area contributed by atoms with E-state index in [0.29, 0.717) is 0 Å². The van der Waals surface area contributed by atoms with Gasteiger partial charge in [-0.25, -0.2) is 0 Å². The molecule has 0 radical (unpaired) electrons. The Labute approximate surface area is 78.9 Å². The molecule has 1 aliphatic carbocycles. The van der Waals surface area contributed by atoms with Gasteiger partial charge in [0.05, 0.1) is 0 Å². The lowest BCUT2D eigenvalue weighted by atomic mass is 9.81. The van der Waals surface area contributed by atoms with E-state index in [1.807, 2.05) is 0 Å². The molecule has 66 valence electrons. The molecular formula is C10H19Br. The van der Waals surface area contributed by atoms with Gasteiger partial charge in [-0.15, -0.1) is 0 Å². The first kappa shape index (κ1) is 9.57. The SMILES string of the molecule is CCC[C@H]1CC[C@H](CBr)CC1. The standard InChI is InChI=1S/C10H19Br/c1-2-3-9-4-6-10(8-11)7-5-9/h9-10H,2-8H2,1H3/t9-,10-. The summed E-state index contributed by atoms with van der Waals surface area (Å²) in [4.78, 5) is 0. The summed E-state index contributed by atoms with van der Waals surface area (Å²) in [5.41, 5.74) is 0. The number of hydrogen-bond acceptors (Lipinski definition) is 0. The molecule has 0 atom stereocenters. The Balaban J connectivity index is 2.14. The lowest BCUT2D eigenvalue weighted by Crippen LogP contribution is -2.15. The molecule has 0 aromatic heterocycles. The van der Waals surface area contributed by atoms with Crippen LogP contribution in [0.5, 0.6) is 0 Å². The Bertz CT molecular complexity index is 93.0. The van der Waals surface area contributed by atoms with Gasteiger partial charge in [0.2, 0.25) is 0 Å². The van der Waals surface area contributed by atoms with Gasteiger partial charge in [0.15, 0.2) is 0 Å². The second kappa shape index (κ2) is 5.18. The minimum Gasteiger partial charge on any atom is -0.0925 e. The van der Waals surface area contributed by atoms with E-state index < -0.39 is 0 Å². The molecule has 0 aromatic rings. The van der Waals surface area contributed by atoms with E-state index in [4.69, 9.17) is 0 Å². The summed E-state index contributed by atoms with van der Waals surface area (Å²) >= 11 is 3.57. The summed E-state index contributed by atoms with van der Waals surface area (Å²) in [5, 5.41) is 1.23. The maximum Gasteiger partial charge on any atom is 0.00596 e. The molecule has 0 heterocycles. The van der Waals surface area contributed by atoms with Crippen LogP contribution in [-0.4, -0.2) is 5.33 Å². The van der Waals surface area contributed by atoms with Crippen LogP contribution < -0.4 is 0 Å². The van der Waals surface area contributed by atoms with E-state index in [1.165, 1.54) is 43.9 Å². The van der Waals surface area contributed by atoms with Crippen molar-refractivity contribution in [3.8, 4) is 0 Å². The van der Waals surface area contributed by atoms with Crippen molar-refractivity contribution in [3.05, 3.63) is 0 Å². The maximum absolute atomic E-state index is 3.57. The van der Waals surface area contributed by atoms with E-state index in [-0.39, 0.29) is 0 Å². The topological polar surface area (TPSA) is 0 Å². The second-order valence-electron chi connectivity index (χ2n) is 3.83. The fourth-order valence-electron chi connectivity index (χ4n) is 2.08. The molecular weight excluding hydrogens is 200 g/mol. The molecule has 0 nitrogen and oxygen atoms in total. The molecule has 0 unspecified atom stereocenters. The molecule has 0 aromatic carbocycles. The molecule has 1 heteroatoms. The Morgan fingerprint density at radius 3 is 2.09 bits per heavy atom. The zero-order valence-electron chi connectivity index (χ0n) is 7.48. The lowest BCUT2D eigenvalue weighted by molar-refractivity contribution is 0.280. The van der Waals surface area contributed by atoms with Gasteiger partial charge in [0, 0.05) is 5.33 Å². The minimum absolute atomic E-state index is 0.989. The summed E-state index contributed by atoms with van der Waals surface area (Å²) in [7, 11) is 0. The average molecular weight is 219 g/mol.